The molecule has 1 aromatic carbocycles. The minimum absolute atomic E-state index is 0.0282. The largest absolute Gasteiger partial charge is 0.294 e. The molecule has 0 aromatic heterocycles. The van der Waals surface area contributed by atoms with Crippen molar-refractivity contribution in [3.8, 4) is 0 Å². The zero-order chi connectivity index (χ0) is 12.4. The molecule has 0 fully saturated rings. The molecule has 3 nitrogen and oxygen atoms in total. The van der Waals surface area contributed by atoms with Gasteiger partial charge in [0.25, 0.3) is 0 Å². The predicted octanol–water partition coefficient (Wildman–Crippen LogP) is 2.12. The van der Waals surface area contributed by atoms with Gasteiger partial charge in [0.05, 0.1) is 6.42 Å². The smallest absolute Gasteiger partial charge is 0.167 e. The van der Waals surface area contributed by atoms with Crippen molar-refractivity contribution in [3.63, 3.8) is 0 Å². The lowest BCUT2D eigenvalue weighted by Crippen LogP contribution is -2.05. The van der Waals surface area contributed by atoms with Gasteiger partial charge in [0, 0.05) is 17.6 Å². The highest BCUT2D eigenvalue weighted by molar-refractivity contribution is 6.23. The monoisotopic (exact) mass is 228 g/mol. The molecule has 1 aliphatic rings. The molecule has 0 radical (unpaired) electrons. The van der Waals surface area contributed by atoms with Crippen LogP contribution >= 0.6 is 0 Å². The van der Waals surface area contributed by atoms with E-state index < -0.39 is 0 Å². The third kappa shape index (κ3) is 2.23. The number of carbonyl (C=O) groups is 3. The molecular formula is C14H12O3. The van der Waals surface area contributed by atoms with E-state index in [-0.39, 0.29) is 30.2 Å². The van der Waals surface area contributed by atoms with Crippen LogP contribution in [0.2, 0.25) is 0 Å². The molecule has 86 valence electrons. The Morgan fingerprint density at radius 3 is 2.29 bits per heavy atom. The molecule has 0 atom stereocenters. The molecule has 0 amide bonds. The number of Topliss-reactive ketones (excluding diaryl/α,β-unsaturated/α-hetero) is 3. The van der Waals surface area contributed by atoms with E-state index in [1.165, 1.54) is 0 Å². The van der Waals surface area contributed by atoms with Crippen molar-refractivity contribution in [3.05, 3.63) is 47.0 Å². The third-order valence-corrected chi connectivity index (χ3v) is 2.96. The summed E-state index contributed by atoms with van der Waals surface area (Å²) in [7, 11) is 0. The lowest BCUT2D eigenvalue weighted by atomic mass is 10.0. The van der Waals surface area contributed by atoms with Crippen LogP contribution in [0.15, 0.2) is 41.5 Å². The number of allylic oxidation sites excluding steroid dienone is 2. The molecule has 0 spiro atoms. The van der Waals surface area contributed by atoms with Gasteiger partial charge in [0.2, 0.25) is 0 Å². The molecule has 3 heteroatoms. The summed E-state index contributed by atoms with van der Waals surface area (Å²) in [6, 6.07) is 8.79. The van der Waals surface area contributed by atoms with Gasteiger partial charge in [-0.25, -0.2) is 0 Å². The Morgan fingerprint density at radius 2 is 1.76 bits per heavy atom. The van der Waals surface area contributed by atoms with Crippen LogP contribution < -0.4 is 0 Å². The molecule has 0 aliphatic heterocycles. The number of hydrogen-bond donors (Lipinski definition) is 0. The van der Waals surface area contributed by atoms with Crippen LogP contribution in [0, 0.1) is 0 Å². The molecule has 0 saturated carbocycles. The van der Waals surface area contributed by atoms with Crippen molar-refractivity contribution < 1.29 is 14.4 Å². The zero-order valence-corrected chi connectivity index (χ0v) is 9.53. The van der Waals surface area contributed by atoms with Crippen LogP contribution in [0.3, 0.4) is 0 Å². The summed E-state index contributed by atoms with van der Waals surface area (Å²) >= 11 is 0. The minimum Gasteiger partial charge on any atom is -0.294 e. The number of benzene rings is 1. The van der Waals surface area contributed by atoms with Gasteiger partial charge in [0.1, 0.15) is 0 Å². The van der Waals surface area contributed by atoms with E-state index in [9.17, 15) is 14.4 Å². The van der Waals surface area contributed by atoms with Crippen LogP contribution in [0.5, 0.6) is 0 Å². The topological polar surface area (TPSA) is 51.2 Å². The second-order valence-electron chi connectivity index (χ2n) is 4.09. The first-order valence-corrected chi connectivity index (χ1v) is 5.44. The molecule has 1 aliphatic carbocycles. The van der Waals surface area contributed by atoms with E-state index in [4.69, 9.17) is 0 Å². The number of hydrogen-bond acceptors (Lipinski definition) is 3. The molecule has 0 bridgehead atoms. The van der Waals surface area contributed by atoms with Crippen LogP contribution in [-0.4, -0.2) is 17.3 Å². The van der Waals surface area contributed by atoms with Crippen molar-refractivity contribution in [1.82, 2.24) is 0 Å². The third-order valence-electron chi connectivity index (χ3n) is 2.96. The summed E-state index contributed by atoms with van der Waals surface area (Å²) in [6.07, 6.45) is -0.0519. The molecule has 0 saturated heterocycles. The van der Waals surface area contributed by atoms with E-state index in [1.807, 2.05) is 6.07 Å². The first kappa shape index (κ1) is 11.5. The Kier molecular flexibility index (Phi) is 3.00. The number of ketones is 3. The average Bonchev–Trinajstić information content (AvgIpc) is 2.57. The summed E-state index contributed by atoms with van der Waals surface area (Å²) in [5, 5.41) is 0. The second-order valence-corrected chi connectivity index (χ2v) is 4.09. The molecule has 1 aromatic rings. The van der Waals surface area contributed by atoms with Crippen LogP contribution in [0.4, 0.5) is 0 Å². The Morgan fingerprint density at radius 1 is 1.12 bits per heavy atom. The highest BCUT2D eigenvalue weighted by Crippen LogP contribution is 2.23. The number of rotatable bonds is 3. The predicted molar refractivity (Wildman–Crippen MR) is 62.7 cm³/mol. The maximum atomic E-state index is 11.9. The second kappa shape index (κ2) is 4.45. The van der Waals surface area contributed by atoms with E-state index in [1.54, 1.807) is 31.2 Å². The summed E-state index contributed by atoms with van der Waals surface area (Å²) < 4.78 is 0. The lowest BCUT2D eigenvalue weighted by Gasteiger charge is -2.01. The van der Waals surface area contributed by atoms with Gasteiger partial charge >= 0.3 is 0 Å². The van der Waals surface area contributed by atoms with E-state index in [0.29, 0.717) is 16.7 Å². The lowest BCUT2D eigenvalue weighted by molar-refractivity contribution is -0.121. The first-order chi connectivity index (χ1) is 8.09. The highest BCUT2D eigenvalue weighted by atomic mass is 16.2. The van der Waals surface area contributed by atoms with Crippen molar-refractivity contribution in [1.29, 1.82) is 0 Å². The fourth-order valence-electron chi connectivity index (χ4n) is 1.88. The molecular weight excluding hydrogens is 216 g/mol. The Hall–Kier alpha value is -2.03. The summed E-state index contributed by atoms with van der Waals surface area (Å²) in [4.78, 5) is 34.8. The van der Waals surface area contributed by atoms with Gasteiger partial charge in [-0.05, 0) is 12.5 Å². The Balaban J connectivity index is 2.21. The van der Waals surface area contributed by atoms with Crippen molar-refractivity contribution in [2.45, 2.75) is 19.8 Å². The van der Waals surface area contributed by atoms with Gasteiger partial charge in [-0.3, -0.25) is 14.4 Å². The average molecular weight is 228 g/mol. The Labute approximate surface area is 99.1 Å². The van der Waals surface area contributed by atoms with Crippen LogP contribution in [0.1, 0.15) is 30.1 Å². The normalized spacial score (nSPS) is 15.6. The minimum atomic E-state index is -0.211. The standard InChI is InChI=1S/C14H12O3/c1-9-11(14(17)8-12(9)15)7-13(16)10-5-3-2-4-6-10/h2-6H,7-8H2,1H3. The first-order valence-electron chi connectivity index (χ1n) is 5.44. The number of carbonyl (C=O) groups excluding carboxylic acids is 3. The van der Waals surface area contributed by atoms with Crippen LogP contribution in [0.25, 0.3) is 0 Å². The van der Waals surface area contributed by atoms with Gasteiger partial charge in [-0.15, -0.1) is 0 Å². The van der Waals surface area contributed by atoms with E-state index >= 15 is 0 Å². The fourth-order valence-corrected chi connectivity index (χ4v) is 1.88. The summed E-state index contributed by atoms with van der Waals surface area (Å²) in [5.74, 6) is -0.495. The molecule has 2 rings (SSSR count). The molecule has 0 heterocycles. The molecule has 0 unspecified atom stereocenters. The van der Waals surface area contributed by atoms with E-state index in [0.717, 1.165) is 0 Å². The highest BCUT2D eigenvalue weighted by Gasteiger charge is 2.28. The quantitative estimate of drug-likeness (QED) is 0.588. The van der Waals surface area contributed by atoms with Crippen molar-refractivity contribution >= 4 is 17.3 Å². The fraction of sp³-hybridized carbons (Fsp3) is 0.214. The molecule has 17 heavy (non-hydrogen) atoms. The van der Waals surface area contributed by atoms with Gasteiger partial charge in [-0.2, -0.15) is 0 Å². The summed E-state index contributed by atoms with van der Waals surface area (Å²) in [5.41, 5.74) is 1.39. The van der Waals surface area contributed by atoms with Gasteiger partial charge in [0.15, 0.2) is 17.3 Å². The van der Waals surface area contributed by atoms with Crippen LogP contribution in [-0.2, 0) is 9.59 Å². The Bertz CT molecular complexity index is 524. The van der Waals surface area contributed by atoms with Crippen molar-refractivity contribution in [2.24, 2.45) is 0 Å². The van der Waals surface area contributed by atoms with E-state index in [2.05, 4.69) is 0 Å². The zero-order valence-electron chi connectivity index (χ0n) is 9.53. The maximum Gasteiger partial charge on any atom is 0.167 e. The van der Waals surface area contributed by atoms with Gasteiger partial charge < -0.3 is 0 Å². The SMILES string of the molecule is CC1=C(CC(=O)c2ccccc2)C(=O)CC1=O. The summed E-state index contributed by atoms with van der Waals surface area (Å²) in [6.45, 7) is 1.61. The van der Waals surface area contributed by atoms with Crippen molar-refractivity contribution in [2.75, 3.05) is 0 Å². The van der Waals surface area contributed by atoms with Gasteiger partial charge in [-0.1, -0.05) is 30.3 Å². The maximum absolute atomic E-state index is 11.9. The molecule has 0 N–H and O–H groups in total.